The molecule has 0 radical (unpaired) electrons. The summed E-state index contributed by atoms with van der Waals surface area (Å²) in [7, 11) is 1.90. The van der Waals surface area contributed by atoms with Gasteiger partial charge in [0.15, 0.2) is 0 Å². The van der Waals surface area contributed by atoms with E-state index >= 15 is 0 Å². The van der Waals surface area contributed by atoms with Gasteiger partial charge >= 0.3 is 0 Å². The van der Waals surface area contributed by atoms with Crippen molar-refractivity contribution in [2.45, 2.75) is 12.3 Å². The maximum Gasteiger partial charge on any atom is 0.142 e. The third-order valence-electron chi connectivity index (χ3n) is 3.29. The molecule has 2 aromatic carbocycles. The summed E-state index contributed by atoms with van der Waals surface area (Å²) in [5.74, 6) is -0.153. The Morgan fingerprint density at radius 1 is 1.10 bits per heavy atom. The average Bonchev–Trinajstić information content (AvgIpc) is 2.44. The average molecular weight is 312 g/mol. The van der Waals surface area contributed by atoms with Gasteiger partial charge in [0.05, 0.1) is 5.02 Å². The van der Waals surface area contributed by atoms with Gasteiger partial charge in [-0.2, -0.15) is 0 Å². The first-order chi connectivity index (χ1) is 9.61. The molecule has 0 heterocycles. The zero-order valence-corrected chi connectivity index (χ0v) is 12.7. The van der Waals surface area contributed by atoms with Crippen LogP contribution in [0, 0.1) is 5.82 Å². The van der Waals surface area contributed by atoms with E-state index < -0.39 is 0 Å². The summed E-state index contributed by atoms with van der Waals surface area (Å²) in [6.45, 7) is 0.786. The summed E-state index contributed by atoms with van der Waals surface area (Å²) in [6.07, 6.45) is 0.680. The summed E-state index contributed by atoms with van der Waals surface area (Å²) in [4.78, 5) is 0. The Balaban J connectivity index is 2.25. The van der Waals surface area contributed by atoms with Gasteiger partial charge in [-0.1, -0.05) is 47.5 Å². The van der Waals surface area contributed by atoms with Crippen molar-refractivity contribution in [1.82, 2.24) is 5.32 Å². The molecule has 20 heavy (non-hydrogen) atoms. The summed E-state index contributed by atoms with van der Waals surface area (Å²) in [5, 5.41) is 4.09. The molecule has 1 unspecified atom stereocenters. The predicted octanol–water partition coefficient (Wildman–Crippen LogP) is 4.68. The molecule has 4 heteroatoms. The molecule has 0 aliphatic carbocycles. The van der Waals surface area contributed by atoms with Crippen LogP contribution in [0.25, 0.3) is 0 Å². The number of rotatable bonds is 5. The minimum atomic E-state index is -0.372. The topological polar surface area (TPSA) is 12.0 Å². The molecular weight excluding hydrogens is 296 g/mol. The highest BCUT2D eigenvalue weighted by atomic mass is 35.5. The van der Waals surface area contributed by atoms with Crippen LogP contribution in [0.1, 0.15) is 17.0 Å². The van der Waals surface area contributed by atoms with Gasteiger partial charge in [-0.15, -0.1) is 0 Å². The van der Waals surface area contributed by atoms with Gasteiger partial charge in [0.2, 0.25) is 0 Å². The van der Waals surface area contributed by atoms with Gasteiger partial charge in [0.1, 0.15) is 5.82 Å². The van der Waals surface area contributed by atoms with Crippen LogP contribution < -0.4 is 5.32 Å². The third-order valence-corrected chi connectivity index (χ3v) is 3.97. The van der Waals surface area contributed by atoms with Crippen molar-refractivity contribution in [3.8, 4) is 0 Å². The lowest BCUT2D eigenvalue weighted by Crippen LogP contribution is -2.19. The minimum Gasteiger partial charge on any atom is -0.319 e. The lowest BCUT2D eigenvalue weighted by Gasteiger charge is -2.18. The third kappa shape index (κ3) is 3.72. The molecule has 0 aromatic heterocycles. The van der Waals surface area contributed by atoms with Crippen molar-refractivity contribution in [2.75, 3.05) is 13.6 Å². The Morgan fingerprint density at radius 3 is 2.45 bits per heavy atom. The van der Waals surface area contributed by atoms with Gasteiger partial charge < -0.3 is 5.32 Å². The molecule has 0 fully saturated rings. The van der Waals surface area contributed by atoms with Gasteiger partial charge in [0, 0.05) is 17.5 Å². The number of nitrogens with one attached hydrogen (secondary N) is 1. The molecule has 106 valence electrons. The SMILES string of the molecule is CNCC(Cc1cccc(F)c1Cl)c1ccc(Cl)cc1. The fraction of sp³-hybridized carbons (Fsp3) is 0.250. The molecule has 1 N–H and O–H groups in total. The van der Waals surface area contributed by atoms with Crippen LogP contribution in [0.5, 0.6) is 0 Å². The molecule has 0 saturated carbocycles. The van der Waals surface area contributed by atoms with Crippen LogP contribution in [-0.2, 0) is 6.42 Å². The Hall–Kier alpha value is -1.09. The van der Waals surface area contributed by atoms with Crippen LogP contribution in [0.3, 0.4) is 0 Å². The largest absolute Gasteiger partial charge is 0.319 e. The predicted molar refractivity (Wildman–Crippen MR) is 83.2 cm³/mol. The first-order valence-corrected chi connectivity index (χ1v) is 7.20. The molecule has 2 aromatic rings. The normalized spacial score (nSPS) is 12.4. The quantitative estimate of drug-likeness (QED) is 0.845. The highest BCUT2D eigenvalue weighted by Crippen LogP contribution is 2.27. The Bertz CT molecular complexity index is 569. The van der Waals surface area contributed by atoms with E-state index in [1.54, 1.807) is 6.07 Å². The molecule has 0 bridgehead atoms. The van der Waals surface area contributed by atoms with Crippen molar-refractivity contribution in [2.24, 2.45) is 0 Å². The maximum atomic E-state index is 13.5. The van der Waals surface area contributed by atoms with E-state index in [1.807, 2.05) is 37.4 Å². The van der Waals surface area contributed by atoms with Crippen LogP contribution in [-0.4, -0.2) is 13.6 Å². The molecule has 0 aliphatic rings. The Kier molecular flexibility index (Phi) is 5.41. The second-order valence-corrected chi connectivity index (χ2v) is 5.54. The zero-order chi connectivity index (χ0) is 14.5. The lowest BCUT2D eigenvalue weighted by molar-refractivity contribution is 0.608. The van der Waals surface area contributed by atoms with E-state index in [0.717, 1.165) is 17.7 Å². The highest BCUT2D eigenvalue weighted by molar-refractivity contribution is 6.31. The van der Waals surface area contributed by atoms with Crippen molar-refractivity contribution in [3.05, 3.63) is 69.5 Å². The molecule has 0 saturated heterocycles. The summed E-state index contributed by atoms with van der Waals surface area (Å²) in [6, 6.07) is 12.7. The molecular formula is C16H16Cl2FN. The van der Waals surface area contributed by atoms with Gasteiger partial charge in [-0.25, -0.2) is 4.39 Å². The molecule has 1 atom stereocenters. The van der Waals surface area contributed by atoms with Crippen molar-refractivity contribution < 1.29 is 4.39 Å². The van der Waals surface area contributed by atoms with E-state index in [9.17, 15) is 4.39 Å². The van der Waals surface area contributed by atoms with Gasteiger partial charge in [-0.05, 0) is 42.8 Å². The minimum absolute atomic E-state index is 0.211. The van der Waals surface area contributed by atoms with Gasteiger partial charge in [0.25, 0.3) is 0 Å². The molecule has 1 nitrogen and oxygen atoms in total. The zero-order valence-electron chi connectivity index (χ0n) is 11.2. The molecule has 0 aliphatic heterocycles. The maximum absolute atomic E-state index is 13.5. The van der Waals surface area contributed by atoms with Crippen LogP contribution >= 0.6 is 23.2 Å². The Labute approximate surface area is 128 Å². The fourth-order valence-corrected chi connectivity index (χ4v) is 2.59. The van der Waals surface area contributed by atoms with Crippen LogP contribution in [0.4, 0.5) is 4.39 Å². The van der Waals surface area contributed by atoms with E-state index in [4.69, 9.17) is 23.2 Å². The number of hydrogen-bond acceptors (Lipinski definition) is 1. The number of benzene rings is 2. The number of hydrogen-bond donors (Lipinski definition) is 1. The second kappa shape index (κ2) is 7.07. The standard InChI is InChI=1S/C16H16Cl2FN/c1-20-10-13(11-5-7-14(17)8-6-11)9-12-3-2-4-15(19)16(12)18/h2-8,13,20H,9-10H2,1H3. The fourth-order valence-electron chi connectivity index (χ4n) is 2.26. The first-order valence-electron chi connectivity index (χ1n) is 6.44. The van der Waals surface area contributed by atoms with Crippen LogP contribution in [0.2, 0.25) is 10.0 Å². The highest BCUT2D eigenvalue weighted by Gasteiger charge is 2.15. The first kappa shape index (κ1) is 15.3. The van der Waals surface area contributed by atoms with Crippen molar-refractivity contribution >= 4 is 23.2 Å². The second-order valence-electron chi connectivity index (χ2n) is 4.72. The smallest absolute Gasteiger partial charge is 0.142 e. The van der Waals surface area contributed by atoms with Crippen LogP contribution in [0.15, 0.2) is 42.5 Å². The van der Waals surface area contributed by atoms with E-state index in [1.165, 1.54) is 6.07 Å². The van der Waals surface area contributed by atoms with Gasteiger partial charge in [-0.3, -0.25) is 0 Å². The summed E-state index contributed by atoms with van der Waals surface area (Å²) in [5.41, 5.74) is 1.98. The van der Waals surface area contributed by atoms with E-state index in [2.05, 4.69) is 5.32 Å². The Morgan fingerprint density at radius 2 is 1.80 bits per heavy atom. The lowest BCUT2D eigenvalue weighted by atomic mass is 9.92. The molecule has 0 spiro atoms. The summed E-state index contributed by atoms with van der Waals surface area (Å²) >= 11 is 11.9. The van der Waals surface area contributed by atoms with Crippen molar-refractivity contribution in [3.63, 3.8) is 0 Å². The summed E-state index contributed by atoms with van der Waals surface area (Å²) < 4.78 is 13.5. The number of halogens is 3. The molecule has 2 rings (SSSR count). The molecule has 0 amide bonds. The number of likely N-dealkylation sites (N-methyl/N-ethyl adjacent to an activating group) is 1. The monoisotopic (exact) mass is 311 g/mol. The van der Waals surface area contributed by atoms with Crippen molar-refractivity contribution in [1.29, 1.82) is 0 Å². The van der Waals surface area contributed by atoms with E-state index in [0.29, 0.717) is 11.4 Å². The van der Waals surface area contributed by atoms with E-state index in [-0.39, 0.29) is 16.8 Å².